The van der Waals surface area contributed by atoms with Gasteiger partial charge in [-0.1, -0.05) is 0 Å². The van der Waals surface area contributed by atoms with E-state index in [1.807, 2.05) is 12.4 Å². The van der Waals surface area contributed by atoms with E-state index in [-0.39, 0.29) is 0 Å². The average molecular weight is 253 g/mol. The molecule has 0 aromatic carbocycles. The van der Waals surface area contributed by atoms with Gasteiger partial charge in [0.25, 0.3) is 0 Å². The van der Waals surface area contributed by atoms with E-state index in [1.54, 1.807) is 18.6 Å². The lowest BCUT2D eigenvalue weighted by molar-refractivity contribution is 0.495. The summed E-state index contributed by atoms with van der Waals surface area (Å²) in [7, 11) is 0. The molecule has 5 heteroatoms. The van der Waals surface area contributed by atoms with Crippen LogP contribution in [0.2, 0.25) is 0 Å². The molecule has 0 spiro atoms. The van der Waals surface area contributed by atoms with Crippen LogP contribution in [0.3, 0.4) is 0 Å². The minimum atomic E-state index is 0.426. The van der Waals surface area contributed by atoms with Gasteiger partial charge in [-0.25, -0.2) is 15.0 Å². The molecule has 1 aliphatic heterocycles. The van der Waals surface area contributed by atoms with Gasteiger partial charge in [-0.2, -0.15) is 0 Å². The van der Waals surface area contributed by atoms with E-state index >= 15 is 0 Å². The molecule has 1 saturated carbocycles. The Labute approximate surface area is 111 Å². The Bertz CT molecular complexity index is 558. The number of nitrogens with zero attached hydrogens (tertiary/aromatic N) is 5. The SMILES string of the molecule is c1cnc(N2CC(c3ncc(C4CC4)cn3)C2)cn1. The molecule has 0 bridgehead atoms. The molecule has 0 atom stereocenters. The largest absolute Gasteiger partial charge is 0.354 e. The fourth-order valence-electron chi connectivity index (χ4n) is 2.47. The van der Waals surface area contributed by atoms with Gasteiger partial charge in [-0.15, -0.1) is 0 Å². The topological polar surface area (TPSA) is 54.8 Å². The van der Waals surface area contributed by atoms with E-state index in [0.29, 0.717) is 5.92 Å². The summed E-state index contributed by atoms with van der Waals surface area (Å²) in [5.74, 6) is 3.06. The Hall–Kier alpha value is -2.04. The highest BCUT2D eigenvalue weighted by Gasteiger charge is 2.32. The second-order valence-electron chi connectivity index (χ2n) is 5.31. The van der Waals surface area contributed by atoms with Gasteiger partial charge < -0.3 is 4.90 Å². The third-order valence-electron chi connectivity index (χ3n) is 3.86. The summed E-state index contributed by atoms with van der Waals surface area (Å²) in [5, 5.41) is 0. The van der Waals surface area contributed by atoms with E-state index in [9.17, 15) is 0 Å². The van der Waals surface area contributed by atoms with Gasteiger partial charge in [0.1, 0.15) is 11.6 Å². The molecule has 0 amide bonds. The fourth-order valence-corrected chi connectivity index (χ4v) is 2.47. The minimum absolute atomic E-state index is 0.426. The predicted octanol–water partition coefficient (Wildman–Crippen LogP) is 1.75. The first-order valence-corrected chi connectivity index (χ1v) is 6.73. The Morgan fingerprint density at radius 1 is 0.895 bits per heavy atom. The van der Waals surface area contributed by atoms with Crippen LogP contribution in [0.5, 0.6) is 0 Å². The maximum Gasteiger partial charge on any atom is 0.147 e. The molecule has 2 aromatic heterocycles. The standard InChI is InChI=1S/C14H15N5/c1-2-10(1)11-5-17-14(18-6-11)12-8-19(9-12)13-7-15-3-4-16-13/h3-7,10,12H,1-2,8-9H2. The highest BCUT2D eigenvalue weighted by Crippen LogP contribution is 2.39. The van der Waals surface area contributed by atoms with Crippen molar-refractivity contribution in [3.63, 3.8) is 0 Å². The van der Waals surface area contributed by atoms with E-state index in [1.165, 1.54) is 18.4 Å². The lowest BCUT2D eigenvalue weighted by atomic mass is 9.99. The first kappa shape index (κ1) is 10.8. The normalized spacial score (nSPS) is 19.3. The zero-order chi connectivity index (χ0) is 12.7. The predicted molar refractivity (Wildman–Crippen MR) is 71.0 cm³/mol. The van der Waals surface area contributed by atoms with Crippen molar-refractivity contribution in [2.45, 2.75) is 24.7 Å². The minimum Gasteiger partial charge on any atom is -0.354 e. The van der Waals surface area contributed by atoms with Crippen LogP contribution in [-0.4, -0.2) is 33.0 Å². The fraction of sp³-hybridized carbons (Fsp3) is 0.429. The first-order chi connectivity index (χ1) is 9.40. The highest BCUT2D eigenvalue weighted by atomic mass is 15.2. The van der Waals surface area contributed by atoms with Crippen LogP contribution in [0.4, 0.5) is 5.82 Å². The van der Waals surface area contributed by atoms with Crippen LogP contribution in [0.15, 0.2) is 31.0 Å². The van der Waals surface area contributed by atoms with Crippen molar-refractivity contribution < 1.29 is 0 Å². The molecule has 2 aromatic rings. The van der Waals surface area contributed by atoms with Gasteiger partial charge in [0.05, 0.1) is 12.1 Å². The summed E-state index contributed by atoms with van der Waals surface area (Å²) in [5.41, 5.74) is 1.30. The summed E-state index contributed by atoms with van der Waals surface area (Å²) >= 11 is 0. The summed E-state index contributed by atoms with van der Waals surface area (Å²) < 4.78 is 0. The van der Waals surface area contributed by atoms with E-state index in [0.717, 1.165) is 30.6 Å². The van der Waals surface area contributed by atoms with Gasteiger partial charge >= 0.3 is 0 Å². The van der Waals surface area contributed by atoms with Crippen LogP contribution in [0, 0.1) is 0 Å². The van der Waals surface area contributed by atoms with Crippen molar-refractivity contribution in [1.82, 2.24) is 19.9 Å². The first-order valence-electron chi connectivity index (χ1n) is 6.73. The van der Waals surface area contributed by atoms with Crippen LogP contribution in [0.25, 0.3) is 0 Å². The maximum atomic E-state index is 4.52. The van der Waals surface area contributed by atoms with Crippen LogP contribution in [-0.2, 0) is 0 Å². The molecule has 3 heterocycles. The van der Waals surface area contributed by atoms with E-state index in [2.05, 4.69) is 24.8 Å². The van der Waals surface area contributed by atoms with Crippen molar-refractivity contribution in [1.29, 1.82) is 0 Å². The van der Waals surface area contributed by atoms with Gasteiger partial charge in [0, 0.05) is 37.9 Å². The molecule has 2 fully saturated rings. The molecule has 19 heavy (non-hydrogen) atoms. The Morgan fingerprint density at radius 2 is 1.68 bits per heavy atom. The second-order valence-corrected chi connectivity index (χ2v) is 5.31. The van der Waals surface area contributed by atoms with Gasteiger partial charge in [0.2, 0.25) is 0 Å². The number of rotatable bonds is 3. The quantitative estimate of drug-likeness (QED) is 0.834. The molecular weight excluding hydrogens is 238 g/mol. The van der Waals surface area contributed by atoms with Crippen molar-refractivity contribution >= 4 is 5.82 Å². The molecular formula is C14H15N5. The molecule has 0 unspecified atom stereocenters. The van der Waals surface area contributed by atoms with Crippen molar-refractivity contribution in [2.75, 3.05) is 18.0 Å². The number of aromatic nitrogens is 4. The second kappa shape index (κ2) is 4.26. The van der Waals surface area contributed by atoms with Crippen molar-refractivity contribution in [2.24, 2.45) is 0 Å². The van der Waals surface area contributed by atoms with Gasteiger partial charge in [-0.3, -0.25) is 4.98 Å². The van der Waals surface area contributed by atoms with Gasteiger partial charge in [-0.05, 0) is 24.3 Å². The highest BCUT2D eigenvalue weighted by molar-refractivity contribution is 5.41. The number of hydrogen-bond acceptors (Lipinski definition) is 5. The number of anilines is 1. The zero-order valence-corrected chi connectivity index (χ0v) is 10.6. The molecule has 5 nitrogen and oxygen atoms in total. The van der Waals surface area contributed by atoms with Crippen molar-refractivity contribution in [3.05, 3.63) is 42.4 Å². The zero-order valence-electron chi connectivity index (χ0n) is 10.6. The Kier molecular flexibility index (Phi) is 2.43. The molecule has 0 radical (unpaired) electrons. The monoisotopic (exact) mass is 253 g/mol. The maximum absolute atomic E-state index is 4.52. The van der Waals surface area contributed by atoms with Crippen LogP contribution in [0.1, 0.15) is 36.1 Å². The smallest absolute Gasteiger partial charge is 0.147 e. The molecule has 1 saturated heterocycles. The lowest BCUT2D eigenvalue weighted by Gasteiger charge is -2.38. The summed E-state index contributed by atoms with van der Waals surface area (Å²) in [6, 6.07) is 0. The molecule has 0 N–H and O–H groups in total. The lowest BCUT2D eigenvalue weighted by Crippen LogP contribution is -2.46. The Balaban J connectivity index is 1.42. The Morgan fingerprint density at radius 3 is 2.32 bits per heavy atom. The summed E-state index contributed by atoms with van der Waals surface area (Å²) in [4.78, 5) is 19.6. The van der Waals surface area contributed by atoms with E-state index < -0.39 is 0 Å². The average Bonchev–Trinajstić information content (AvgIpc) is 3.24. The summed E-state index contributed by atoms with van der Waals surface area (Å²) in [6.45, 7) is 1.86. The molecule has 1 aliphatic carbocycles. The molecule has 2 aliphatic rings. The molecule has 4 rings (SSSR count). The van der Waals surface area contributed by atoms with Crippen LogP contribution < -0.4 is 4.90 Å². The van der Waals surface area contributed by atoms with Crippen molar-refractivity contribution in [3.8, 4) is 0 Å². The summed E-state index contributed by atoms with van der Waals surface area (Å²) in [6.07, 6.45) is 11.8. The molecule has 96 valence electrons. The van der Waals surface area contributed by atoms with Crippen LogP contribution >= 0.6 is 0 Å². The third-order valence-corrected chi connectivity index (χ3v) is 3.86. The van der Waals surface area contributed by atoms with E-state index in [4.69, 9.17) is 0 Å². The third kappa shape index (κ3) is 2.05. The number of hydrogen-bond donors (Lipinski definition) is 0. The van der Waals surface area contributed by atoms with Gasteiger partial charge in [0.15, 0.2) is 0 Å².